The number of H-pyrrole nitrogens is 1. The van der Waals surface area contributed by atoms with Gasteiger partial charge in [0.15, 0.2) is 11.3 Å². The van der Waals surface area contributed by atoms with Gasteiger partial charge in [-0.05, 0) is 59.8 Å². The van der Waals surface area contributed by atoms with Gasteiger partial charge in [0.1, 0.15) is 5.69 Å². The number of phenols is 1. The van der Waals surface area contributed by atoms with E-state index < -0.39 is 0 Å². The number of nitrogens with zero attached hydrogens (tertiary/aromatic N) is 1. The quantitative estimate of drug-likeness (QED) is 0.198. The number of aromatic nitrogens is 1. The monoisotopic (exact) mass is 555 g/mol. The summed E-state index contributed by atoms with van der Waals surface area (Å²) in [7, 11) is 0. The summed E-state index contributed by atoms with van der Waals surface area (Å²) in [5, 5.41) is 16.2. The van der Waals surface area contributed by atoms with Gasteiger partial charge in [0.05, 0.1) is 16.8 Å². The number of thiophene rings is 1. The molecule has 0 radical (unpaired) electrons. The van der Waals surface area contributed by atoms with Gasteiger partial charge < -0.3 is 24.7 Å². The average molecular weight is 556 g/mol. The number of aromatic hydroxyl groups is 1. The van der Waals surface area contributed by atoms with Crippen molar-refractivity contribution in [2.75, 3.05) is 22.6 Å². The number of para-hydroxylation sites is 1. The Hall–Kier alpha value is -4.27. The fraction of sp³-hybridized carbons (Fsp3) is 0.133. The van der Waals surface area contributed by atoms with Crippen LogP contribution >= 0.6 is 22.9 Å². The van der Waals surface area contributed by atoms with Gasteiger partial charge in [0.25, 0.3) is 11.8 Å². The number of amides is 2. The van der Waals surface area contributed by atoms with Gasteiger partial charge in [-0.2, -0.15) is 0 Å². The van der Waals surface area contributed by atoms with E-state index >= 15 is 0 Å². The van der Waals surface area contributed by atoms with Crippen molar-refractivity contribution < 1.29 is 19.1 Å². The van der Waals surface area contributed by atoms with Crippen LogP contribution in [-0.2, 0) is 0 Å². The number of halogens is 1. The lowest BCUT2D eigenvalue weighted by molar-refractivity contribution is 0.0990. The molecule has 1 atom stereocenters. The maximum atomic E-state index is 13.8. The summed E-state index contributed by atoms with van der Waals surface area (Å²) in [6, 6.07) is 18.6. The Morgan fingerprint density at radius 1 is 1.15 bits per heavy atom. The second-order valence-corrected chi connectivity index (χ2v) is 11.2. The van der Waals surface area contributed by atoms with Gasteiger partial charge in [-0.25, -0.2) is 0 Å². The number of rotatable bonds is 4. The van der Waals surface area contributed by atoms with Crippen LogP contribution in [0, 0.1) is 6.92 Å². The Morgan fingerprint density at radius 3 is 2.82 bits per heavy atom. The Balaban J connectivity index is 1.19. The topological polar surface area (TPSA) is 98.6 Å². The molecule has 0 spiro atoms. The van der Waals surface area contributed by atoms with Crippen LogP contribution in [0.15, 0.2) is 71.3 Å². The number of aryl methyl sites for hydroxylation is 1. The van der Waals surface area contributed by atoms with Gasteiger partial charge in [0, 0.05) is 51.1 Å². The Kier molecular flexibility index (Phi) is 5.43. The van der Waals surface area contributed by atoms with E-state index in [0.29, 0.717) is 40.0 Å². The lowest BCUT2D eigenvalue weighted by atomic mass is 9.97. The average Bonchev–Trinajstić information content (AvgIpc) is 3.71. The number of nitrogens with one attached hydrogen (secondary N) is 2. The van der Waals surface area contributed by atoms with E-state index in [1.807, 2.05) is 61.5 Å². The van der Waals surface area contributed by atoms with E-state index in [1.165, 1.54) is 11.3 Å². The standard InChI is InChI=1S/C30H22ClN3O4S/c1-15-14-38-28-23(35)11-22-27(26(15)28)18(12-31)13-34(22)30(37)25-10-17-8-19(6-7-24(17)39-25)32-29(36)21-9-16-4-2-3-5-20(16)33-21/h2-11,14,18,33,35H,12-13H2,1H3,(H,32,36)/t18-/m1/s1. The van der Waals surface area contributed by atoms with Crippen molar-refractivity contribution in [1.29, 1.82) is 0 Å². The van der Waals surface area contributed by atoms with Crippen molar-refractivity contribution in [3.05, 3.63) is 88.6 Å². The maximum Gasteiger partial charge on any atom is 0.272 e. The molecule has 7 rings (SSSR count). The molecular formula is C30H22ClN3O4S. The summed E-state index contributed by atoms with van der Waals surface area (Å²) in [6.07, 6.45) is 1.61. The van der Waals surface area contributed by atoms with E-state index in [4.69, 9.17) is 16.0 Å². The molecule has 0 saturated carbocycles. The van der Waals surface area contributed by atoms with Gasteiger partial charge in [-0.3, -0.25) is 9.59 Å². The summed E-state index contributed by atoms with van der Waals surface area (Å²) in [6.45, 7) is 2.34. The maximum absolute atomic E-state index is 13.8. The molecule has 1 aliphatic heterocycles. The summed E-state index contributed by atoms with van der Waals surface area (Å²) in [4.78, 5) is 32.0. The minimum atomic E-state index is -0.237. The van der Waals surface area contributed by atoms with Crippen LogP contribution in [0.5, 0.6) is 5.75 Å². The third kappa shape index (κ3) is 3.78. The predicted molar refractivity (Wildman–Crippen MR) is 156 cm³/mol. The highest BCUT2D eigenvalue weighted by molar-refractivity contribution is 7.20. The third-order valence-corrected chi connectivity index (χ3v) is 8.80. The van der Waals surface area contributed by atoms with Gasteiger partial charge in [-0.15, -0.1) is 22.9 Å². The van der Waals surface area contributed by atoms with Crippen LogP contribution in [0.1, 0.15) is 37.2 Å². The van der Waals surface area contributed by atoms with Crippen molar-refractivity contribution in [3.63, 3.8) is 0 Å². The summed E-state index contributed by atoms with van der Waals surface area (Å²) >= 11 is 7.73. The van der Waals surface area contributed by atoms with Crippen molar-refractivity contribution >= 4 is 78.1 Å². The molecule has 0 unspecified atom stereocenters. The van der Waals surface area contributed by atoms with E-state index in [-0.39, 0.29) is 23.5 Å². The number of carbonyl (C=O) groups is 2. The first-order valence-corrected chi connectivity index (χ1v) is 13.8. The van der Waals surface area contributed by atoms with Crippen LogP contribution < -0.4 is 10.2 Å². The van der Waals surface area contributed by atoms with E-state index in [2.05, 4.69) is 10.3 Å². The summed E-state index contributed by atoms with van der Waals surface area (Å²) in [5.41, 5.74) is 4.91. The molecule has 2 amide bonds. The highest BCUT2D eigenvalue weighted by Crippen LogP contribution is 2.47. The van der Waals surface area contributed by atoms with E-state index in [1.54, 1.807) is 17.2 Å². The number of fused-ring (bicyclic) bond motifs is 5. The molecule has 3 aromatic heterocycles. The zero-order valence-electron chi connectivity index (χ0n) is 20.7. The molecule has 194 valence electrons. The summed E-state index contributed by atoms with van der Waals surface area (Å²) < 4.78 is 6.50. The molecule has 9 heteroatoms. The number of anilines is 2. The van der Waals surface area contributed by atoms with Crippen LogP contribution in [-0.4, -0.2) is 34.3 Å². The zero-order chi connectivity index (χ0) is 26.8. The second-order valence-electron chi connectivity index (χ2n) is 9.81. The normalized spacial score (nSPS) is 14.9. The molecule has 1 aliphatic rings. The van der Waals surface area contributed by atoms with Gasteiger partial charge in [0.2, 0.25) is 0 Å². The van der Waals surface area contributed by atoms with Crippen molar-refractivity contribution in [2.45, 2.75) is 12.8 Å². The lowest BCUT2D eigenvalue weighted by Crippen LogP contribution is -2.29. The fourth-order valence-electron chi connectivity index (χ4n) is 5.49. The second kappa shape index (κ2) is 8.90. The minimum absolute atomic E-state index is 0.00319. The van der Waals surface area contributed by atoms with Crippen molar-refractivity contribution in [3.8, 4) is 5.75 Å². The van der Waals surface area contributed by atoms with Crippen LogP contribution in [0.25, 0.3) is 32.0 Å². The fourth-order valence-corrected chi connectivity index (χ4v) is 6.73. The molecule has 0 bridgehead atoms. The first kappa shape index (κ1) is 23.8. The molecule has 0 fully saturated rings. The molecule has 7 nitrogen and oxygen atoms in total. The Labute approximate surface area is 231 Å². The number of furan rings is 1. The number of benzene rings is 3. The molecule has 3 N–H and O–H groups in total. The minimum Gasteiger partial charge on any atom is -0.504 e. The smallest absolute Gasteiger partial charge is 0.272 e. The van der Waals surface area contributed by atoms with Crippen LogP contribution in [0.2, 0.25) is 0 Å². The number of hydrogen-bond donors (Lipinski definition) is 3. The first-order valence-electron chi connectivity index (χ1n) is 12.5. The number of hydrogen-bond acceptors (Lipinski definition) is 5. The first-order chi connectivity index (χ1) is 18.9. The van der Waals surface area contributed by atoms with Crippen molar-refractivity contribution in [1.82, 2.24) is 4.98 Å². The van der Waals surface area contributed by atoms with E-state index in [0.717, 1.165) is 37.5 Å². The lowest BCUT2D eigenvalue weighted by Gasteiger charge is -2.17. The van der Waals surface area contributed by atoms with Crippen LogP contribution in [0.3, 0.4) is 0 Å². The van der Waals surface area contributed by atoms with Gasteiger partial charge >= 0.3 is 0 Å². The number of phenolic OH excluding ortho intramolecular Hbond substituents is 1. The number of carbonyl (C=O) groups excluding carboxylic acids is 2. The molecule has 39 heavy (non-hydrogen) atoms. The molecule has 3 aromatic carbocycles. The molecule has 4 heterocycles. The van der Waals surface area contributed by atoms with Crippen molar-refractivity contribution in [2.24, 2.45) is 0 Å². The van der Waals surface area contributed by atoms with Crippen LogP contribution in [0.4, 0.5) is 11.4 Å². The van der Waals surface area contributed by atoms with Gasteiger partial charge in [-0.1, -0.05) is 18.2 Å². The highest BCUT2D eigenvalue weighted by atomic mass is 35.5. The molecular weight excluding hydrogens is 534 g/mol. The molecule has 0 saturated heterocycles. The third-order valence-electron chi connectivity index (χ3n) is 7.32. The largest absolute Gasteiger partial charge is 0.504 e. The Morgan fingerprint density at radius 2 is 2.00 bits per heavy atom. The Bertz CT molecular complexity index is 1920. The number of alkyl halides is 1. The van der Waals surface area contributed by atoms with E-state index in [9.17, 15) is 14.7 Å². The number of aromatic amines is 1. The molecule has 0 aliphatic carbocycles. The highest BCUT2D eigenvalue weighted by Gasteiger charge is 2.36. The predicted octanol–water partition coefficient (Wildman–Crippen LogP) is 7.38. The SMILES string of the molecule is Cc1coc2c(O)cc3c(c12)[C@H](CCl)CN3C(=O)c1cc2cc(NC(=O)c3cc4ccccc4[nH]3)ccc2s1. The zero-order valence-corrected chi connectivity index (χ0v) is 22.3. The summed E-state index contributed by atoms with van der Waals surface area (Å²) in [5.74, 6) is -0.137. The molecule has 6 aromatic rings.